The highest BCUT2D eigenvalue weighted by Gasteiger charge is 2.04. The third kappa shape index (κ3) is 23.1. The van der Waals surface area contributed by atoms with Crippen LogP contribution in [0.15, 0.2) is 12.2 Å². The molecule has 0 bridgehead atoms. The molecule has 0 radical (unpaired) electrons. The van der Waals surface area contributed by atoms with Gasteiger partial charge in [-0.05, 0) is 38.6 Å². The molecule has 0 saturated heterocycles. The normalized spacial score (nSPS) is 11.6. The predicted octanol–water partition coefficient (Wildman–Crippen LogP) is 4.47. The van der Waals surface area contributed by atoms with Gasteiger partial charge in [0, 0.05) is 0 Å². The largest absolute Gasteiger partial charge is 0.459 e. The van der Waals surface area contributed by atoms with E-state index in [1.165, 1.54) is 83.5 Å². The Hall–Kier alpha value is -0.910. The summed E-state index contributed by atoms with van der Waals surface area (Å²) in [6, 6.07) is 0. The minimum absolute atomic E-state index is 0.123. The van der Waals surface area contributed by atoms with Crippen molar-refractivity contribution in [2.75, 3.05) is 19.7 Å². The maximum Gasteiger partial charge on any atom is 0.320 e. The van der Waals surface area contributed by atoms with Crippen LogP contribution in [0.5, 0.6) is 0 Å². The molecule has 5 heteroatoms. The Balaban J connectivity index is 3.16. The number of allylic oxidation sites excluding steroid dienone is 2. The van der Waals surface area contributed by atoms with Gasteiger partial charge in [0.25, 0.3) is 0 Å². The first-order valence-corrected chi connectivity index (χ1v) is 11.0. The molecule has 0 aromatic carbocycles. The first kappa shape index (κ1) is 26.1. The molecule has 0 aromatic heterocycles. The van der Waals surface area contributed by atoms with Crippen LogP contribution in [0.4, 0.5) is 0 Å². The van der Waals surface area contributed by atoms with Crippen LogP contribution in [-0.2, 0) is 9.53 Å². The van der Waals surface area contributed by atoms with Crippen LogP contribution in [-0.4, -0.2) is 42.2 Å². The van der Waals surface area contributed by atoms with Gasteiger partial charge in [0.2, 0.25) is 0 Å². The highest BCUT2D eigenvalue weighted by molar-refractivity contribution is 5.71. The van der Waals surface area contributed by atoms with Crippen LogP contribution < -0.4 is 5.32 Å². The van der Waals surface area contributed by atoms with Gasteiger partial charge in [-0.15, -0.1) is 0 Å². The second-order valence-electron chi connectivity index (χ2n) is 7.28. The van der Waals surface area contributed by atoms with E-state index in [1.54, 1.807) is 0 Å². The molecule has 0 fully saturated rings. The fourth-order valence-corrected chi connectivity index (χ4v) is 2.91. The van der Waals surface area contributed by atoms with Crippen LogP contribution in [0.1, 0.15) is 96.8 Å². The van der Waals surface area contributed by atoms with Gasteiger partial charge in [0.05, 0.1) is 6.54 Å². The SMILES string of the molecule is CCCCCCCC/C=C\CCCCCCCCNCC(=O)OCC(O)O. The molecule has 0 unspecified atom stereocenters. The zero-order valence-electron chi connectivity index (χ0n) is 17.5. The van der Waals surface area contributed by atoms with Crippen LogP contribution >= 0.6 is 0 Å². The van der Waals surface area contributed by atoms with E-state index in [1.807, 2.05) is 0 Å². The standard InChI is InChI=1S/C22H43NO4/c1-2-3-4-5-6-7-8-9-10-11-12-13-14-15-16-17-18-23-19-22(26)27-20-21(24)25/h9-10,21,23-25H,2-8,11-20H2,1H3/b10-9-. The molecule has 0 rings (SSSR count). The van der Waals surface area contributed by atoms with Gasteiger partial charge in [-0.3, -0.25) is 4.79 Å². The molecule has 0 spiro atoms. The number of rotatable bonds is 20. The molecule has 0 aliphatic rings. The van der Waals surface area contributed by atoms with Gasteiger partial charge >= 0.3 is 5.97 Å². The Morgan fingerprint density at radius 2 is 1.37 bits per heavy atom. The number of ether oxygens (including phenoxy) is 1. The van der Waals surface area contributed by atoms with Crippen molar-refractivity contribution in [3.63, 3.8) is 0 Å². The summed E-state index contributed by atoms with van der Waals surface area (Å²) in [7, 11) is 0. The van der Waals surface area contributed by atoms with Crippen molar-refractivity contribution in [2.45, 2.75) is 103 Å². The summed E-state index contributed by atoms with van der Waals surface area (Å²) < 4.78 is 4.63. The number of carbonyl (C=O) groups excluding carboxylic acids is 1. The van der Waals surface area contributed by atoms with E-state index in [2.05, 4.69) is 29.1 Å². The van der Waals surface area contributed by atoms with Crippen LogP contribution in [0, 0.1) is 0 Å². The van der Waals surface area contributed by atoms with Gasteiger partial charge in [-0.2, -0.15) is 0 Å². The molecular formula is C22H43NO4. The topological polar surface area (TPSA) is 78.8 Å². The van der Waals surface area contributed by atoms with Crippen LogP contribution in [0.2, 0.25) is 0 Å². The molecular weight excluding hydrogens is 342 g/mol. The number of carbonyl (C=O) groups is 1. The molecule has 160 valence electrons. The van der Waals surface area contributed by atoms with E-state index in [0.29, 0.717) is 0 Å². The summed E-state index contributed by atoms with van der Waals surface area (Å²) in [6.07, 6.45) is 21.1. The number of hydrogen-bond acceptors (Lipinski definition) is 5. The lowest BCUT2D eigenvalue weighted by Crippen LogP contribution is -2.28. The van der Waals surface area contributed by atoms with E-state index in [-0.39, 0.29) is 13.2 Å². The average Bonchev–Trinajstić information content (AvgIpc) is 2.65. The molecule has 0 aliphatic carbocycles. The summed E-state index contributed by atoms with van der Waals surface area (Å²) in [4.78, 5) is 11.2. The molecule has 0 aliphatic heterocycles. The molecule has 0 heterocycles. The molecule has 0 aromatic rings. The highest BCUT2D eigenvalue weighted by atomic mass is 16.6. The molecule has 0 atom stereocenters. The van der Waals surface area contributed by atoms with Gasteiger partial charge < -0.3 is 20.3 Å². The number of aliphatic hydroxyl groups excluding tert-OH is 1. The third-order valence-corrected chi connectivity index (χ3v) is 4.53. The number of hydrogen-bond donors (Lipinski definition) is 3. The lowest BCUT2D eigenvalue weighted by molar-refractivity contribution is -0.155. The number of nitrogens with one attached hydrogen (secondary N) is 1. The lowest BCUT2D eigenvalue weighted by atomic mass is 10.1. The van der Waals surface area contributed by atoms with Gasteiger partial charge in [-0.25, -0.2) is 0 Å². The smallest absolute Gasteiger partial charge is 0.320 e. The Bertz CT molecular complexity index is 345. The second kappa shape index (κ2) is 21.4. The Kier molecular flexibility index (Phi) is 20.7. The summed E-state index contributed by atoms with van der Waals surface area (Å²) in [5.41, 5.74) is 0. The van der Waals surface area contributed by atoms with E-state index in [4.69, 9.17) is 10.2 Å². The van der Waals surface area contributed by atoms with E-state index < -0.39 is 12.3 Å². The number of esters is 1. The second-order valence-corrected chi connectivity index (χ2v) is 7.28. The van der Waals surface area contributed by atoms with Crippen molar-refractivity contribution < 1.29 is 19.7 Å². The maximum absolute atomic E-state index is 11.2. The Morgan fingerprint density at radius 3 is 1.93 bits per heavy atom. The van der Waals surface area contributed by atoms with Crippen LogP contribution in [0.25, 0.3) is 0 Å². The Morgan fingerprint density at radius 1 is 0.852 bits per heavy atom. The first-order valence-electron chi connectivity index (χ1n) is 11.0. The van der Waals surface area contributed by atoms with Gasteiger partial charge in [0.1, 0.15) is 6.61 Å². The lowest BCUT2D eigenvalue weighted by Gasteiger charge is -2.07. The monoisotopic (exact) mass is 385 g/mol. The fraction of sp³-hybridized carbons (Fsp3) is 0.864. The first-order chi connectivity index (χ1) is 13.2. The summed E-state index contributed by atoms with van der Waals surface area (Å²) in [5, 5.41) is 20.2. The van der Waals surface area contributed by atoms with Crippen LogP contribution in [0.3, 0.4) is 0 Å². The summed E-state index contributed by atoms with van der Waals surface area (Å²) >= 11 is 0. The van der Waals surface area contributed by atoms with Crippen molar-refractivity contribution in [2.24, 2.45) is 0 Å². The molecule has 0 saturated carbocycles. The fourth-order valence-electron chi connectivity index (χ4n) is 2.91. The predicted molar refractivity (Wildman–Crippen MR) is 112 cm³/mol. The maximum atomic E-state index is 11.2. The number of unbranched alkanes of at least 4 members (excludes halogenated alkanes) is 12. The minimum atomic E-state index is -1.59. The molecule has 3 N–H and O–H groups in total. The molecule has 0 amide bonds. The van der Waals surface area contributed by atoms with E-state index in [0.717, 1.165) is 13.0 Å². The van der Waals surface area contributed by atoms with Crippen molar-refractivity contribution in [1.29, 1.82) is 0 Å². The summed E-state index contributed by atoms with van der Waals surface area (Å²) in [5.74, 6) is -0.451. The summed E-state index contributed by atoms with van der Waals surface area (Å²) in [6.45, 7) is 2.81. The zero-order valence-corrected chi connectivity index (χ0v) is 17.5. The van der Waals surface area contributed by atoms with Crippen molar-refractivity contribution in [3.05, 3.63) is 12.2 Å². The van der Waals surface area contributed by atoms with Crippen molar-refractivity contribution in [1.82, 2.24) is 5.32 Å². The van der Waals surface area contributed by atoms with E-state index in [9.17, 15) is 4.79 Å². The number of aliphatic hydroxyl groups is 2. The average molecular weight is 386 g/mol. The molecule has 5 nitrogen and oxygen atoms in total. The van der Waals surface area contributed by atoms with Gasteiger partial charge in [-0.1, -0.05) is 76.9 Å². The molecule has 27 heavy (non-hydrogen) atoms. The zero-order chi connectivity index (χ0) is 20.0. The van der Waals surface area contributed by atoms with E-state index >= 15 is 0 Å². The van der Waals surface area contributed by atoms with Gasteiger partial charge in [0.15, 0.2) is 6.29 Å². The van der Waals surface area contributed by atoms with Crippen molar-refractivity contribution >= 4 is 5.97 Å². The van der Waals surface area contributed by atoms with Crippen molar-refractivity contribution in [3.8, 4) is 0 Å². The Labute approximate surface area is 166 Å². The highest BCUT2D eigenvalue weighted by Crippen LogP contribution is 2.09. The minimum Gasteiger partial charge on any atom is -0.459 e. The third-order valence-electron chi connectivity index (χ3n) is 4.53. The quantitative estimate of drug-likeness (QED) is 0.125.